The molecule has 0 saturated carbocycles. The lowest BCUT2D eigenvalue weighted by atomic mass is 10.0. The van der Waals surface area contributed by atoms with Gasteiger partial charge in [-0.1, -0.05) is 87.0 Å². The van der Waals surface area contributed by atoms with Gasteiger partial charge in [-0.3, -0.25) is 0 Å². The number of hydrogen-bond acceptors (Lipinski definition) is 3. The van der Waals surface area contributed by atoms with Crippen LogP contribution >= 0.6 is 0 Å². The molecule has 0 fully saturated rings. The van der Waals surface area contributed by atoms with E-state index in [-0.39, 0.29) is 15.8 Å². The molecule has 0 aromatic heterocycles. The first kappa shape index (κ1) is 27.7. The van der Waals surface area contributed by atoms with E-state index in [9.17, 15) is 13.0 Å². The van der Waals surface area contributed by atoms with E-state index in [1.54, 1.807) is 17.0 Å². The highest BCUT2D eigenvalue weighted by molar-refractivity contribution is 7.97. The lowest BCUT2D eigenvalue weighted by molar-refractivity contribution is 0.463. The number of benzene rings is 4. The summed E-state index contributed by atoms with van der Waals surface area (Å²) in [4.78, 5) is 4.17. The van der Waals surface area contributed by atoms with Gasteiger partial charge in [0.25, 0.3) is 0 Å². The van der Waals surface area contributed by atoms with Crippen molar-refractivity contribution in [1.82, 2.24) is 0 Å². The summed E-state index contributed by atoms with van der Waals surface area (Å²) in [5.41, 5.74) is 5.40. The maximum atomic E-state index is 10.4. The first-order valence-corrected chi connectivity index (χ1v) is 14.9. The van der Waals surface area contributed by atoms with Crippen LogP contribution in [0.3, 0.4) is 0 Å². The smallest absolute Gasteiger partial charge is 0.172 e. The summed E-state index contributed by atoms with van der Waals surface area (Å²) in [5.74, 6) is 0. The summed E-state index contributed by atoms with van der Waals surface area (Å²) < 4.78 is 31.2. The van der Waals surface area contributed by atoms with E-state index in [4.69, 9.17) is 0 Å². The third-order valence-electron chi connectivity index (χ3n) is 5.94. The fraction of sp³-hybridized carbons (Fsp3) is 0.226. The third kappa shape index (κ3) is 7.10. The summed E-state index contributed by atoms with van der Waals surface area (Å²) >= 11 is 0. The van der Waals surface area contributed by atoms with Gasteiger partial charge in [0.2, 0.25) is 0 Å². The van der Waals surface area contributed by atoms with Crippen molar-refractivity contribution in [3.8, 4) is 0 Å². The molecule has 4 aromatic carbocycles. The second kappa shape index (κ2) is 12.9. The van der Waals surface area contributed by atoms with Gasteiger partial charge in [-0.25, -0.2) is 8.42 Å². The van der Waals surface area contributed by atoms with E-state index in [1.807, 2.05) is 6.92 Å². The van der Waals surface area contributed by atoms with E-state index >= 15 is 0 Å². The van der Waals surface area contributed by atoms with Gasteiger partial charge in [-0.2, -0.15) is 0 Å². The molecule has 0 aliphatic heterocycles. The van der Waals surface area contributed by atoms with Gasteiger partial charge in [0, 0.05) is 11.1 Å². The van der Waals surface area contributed by atoms with Crippen molar-refractivity contribution >= 4 is 21.0 Å². The minimum Gasteiger partial charge on any atom is -0.744 e. The average Bonchev–Trinajstić information content (AvgIpc) is 2.90. The Hall–Kier alpha value is -2.86. The lowest BCUT2D eigenvalue weighted by Crippen LogP contribution is -2.11. The zero-order valence-corrected chi connectivity index (χ0v) is 23.0. The summed E-state index contributed by atoms with van der Waals surface area (Å²) in [7, 11) is -4.32. The maximum absolute atomic E-state index is 10.4. The highest BCUT2D eigenvalue weighted by Crippen LogP contribution is 2.36. The zero-order valence-electron chi connectivity index (χ0n) is 21.4. The predicted octanol–water partition coefficient (Wildman–Crippen LogP) is 7.37. The van der Waals surface area contributed by atoms with Crippen LogP contribution in [0.5, 0.6) is 0 Å². The molecular weight excluding hydrogens is 484 g/mol. The molecule has 4 aromatic rings. The van der Waals surface area contributed by atoms with E-state index in [1.165, 1.54) is 38.6 Å². The first-order valence-electron chi connectivity index (χ1n) is 12.3. The summed E-state index contributed by atoms with van der Waals surface area (Å²) in [5, 5.41) is 0. The van der Waals surface area contributed by atoms with E-state index in [0.717, 1.165) is 24.8 Å². The molecule has 0 aliphatic carbocycles. The Bertz CT molecular complexity index is 1280. The van der Waals surface area contributed by atoms with Crippen LogP contribution in [0.4, 0.5) is 0 Å². The molecular formula is C31H34O3S2. The molecule has 0 spiro atoms. The van der Waals surface area contributed by atoms with Gasteiger partial charge in [-0.05, 0) is 68.1 Å². The fourth-order valence-electron chi connectivity index (χ4n) is 4.01. The molecule has 4 rings (SSSR count). The largest absolute Gasteiger partial charge is 0.744 e. The highest BCUT2D eigenvalue weighted by Gasteiger charge is 2.33. The molecule has 5 heteroatoms. The minimum absolute atomic E-state index is 0.0478. The number of rotatable bonds is 7. The standard InChI is InChI=1S/C24H27S.C7H8O3S/c1-4-19-17-20(5-2)24(21(6-3)18-19)25(22-13-9-7-10-14-22)23-15-11-8-12-16-23;1-6-2-4-7(5-3-6)11(8,9)10/h7-18H,4-6H2,1-3H3;2-5H,1H3,(H,8,9,10)/q+1;/p-1. The zero-order chi connectivity index (χ0) is 26.1. The van der Waals surface area contributed by atoms with Crippen LogP contribution in [0, 0.1) is 6.92 Å². The Morgan fingerprint density at radius 3 is 1.47 bits per heavy atom. The van der Waals surface area contributed by atoms with Crippen molar-refractivity contribution < 1.29 is 13.0 Å². The molecule has 0 saturated heterocycles. The summed E-state index contributed by atoms with van der Waals surface area (Å²) in [6, 6.07) is 32.6. The Morgan fingerprint density at radius 2 is 1.11 bits per heavy atom. The van der Waals surface area contributed by atoms with Crippen molar-refractivity contribution in [2.24, 2.45) is 0 Å². The van der Waals surface area contributed by atoms with E-state index in [2.05, 4.69) is 93.6 Å². The monoisotopic (exact) mass is 518 g/mol. The van der Waals surface area contributed by atoms with Crippen molar-refractivity contribution in [1.29, 1.82) is 0 Å². The molecule has 0 N–H and O–H groups in total. The van der Waals surface area contributed by atoms with Gasteiger partial charge in [0.1, 0.15) is 10.1 Å². The Balaban J connectivity index is 0.000000275. The van der Waals surface area contributed by atoms with Crippen LogP contribution in [-0.2, 0) is 40.3 Å². The van der Waals surface area contributed by atoms with Gasteiger partial charge in [-0.15, -0.1) is 0 Å². The van der Waals surface area contributed by atoms with Crippen molar-refractivity contribution in [3.05, 3.63) is 119 Å². The molecule has 0 heterocycles. The molecule has 0 amide bonds. The van der Waals surface area contributed by atoms with Crippen LogP contribution in [-0.4, -0.2) is 13.0 Å². The van der Waals surface area contributed by atoms with Crippen LogP contribution in [0.1, 0.15) is 43.0 Å². The lowest BCUT2D eigenvalue weighted by Gasteiger charge is -2.16. The summed E-state index contributed by atoms with van der Waals surface area (Å²) in [6.07, 6.45) is 3.27. The normalized spacial score (nSPS) is 11.2. The topological polar surface area (TPSA) is 57.2 Å². The van der Waals surface area contributed by atoms with Gasteiger partial charge in [0.05, 0.1) is 15.8 Å². The second-order valence-electron chi connectivity index (χ2n) is 8.50. The van der Waals surface area contributed by atoms with Crippen molar-refractivity contribution in [2.75, 3.05) is 0 Å². The van der Waals surface area contributed by atoms with Gasteiger partial charge < -0.3 is 4.55 Å². The SMILES string of the molecule is CCc1cc(CC)c([S+](c2ccccc2)c2ccccc2)c(CC)c1.Cc1ccc(S(=O)(=O)[O-])cc1. The maximum Gasteiger partial charge on any atom is 0.172 e. The molecule has 36 heavy (non-hydrogen) atoms. The second-order valence-corrected chi connectivity index (χ2v) is 11.8. The number of aryl methyl sites for hydroxylation is 4. The average molecular weight is 519 g/mol. The molecule has 0 radical (unpaired) electrons. The quantitative estimate of drug-likeness (QED) is 0.190. The van der Waals surface area contributed by atoms with E-state index in [0.29, 0.717) is 0 Å². The van der Waals surface area contributed by atoms with Crippen molar-refractivity contribution in [3.63, 3.8) is 0 Å². The predicted molar refractivity (Wildman–Crippen MR) is 149 cm³/mol. The van der Waals surface area contributed by atoms with Gasteiger partial charge in [0.15, 0.2) is 14.7 Å². The Labute approximate surface area is 219 Å². The molecule has 0 aliphatic rings. The van der Waals surface area contributed by atoms with Crippen molar-refractivity contribution in [2.45, 2.75) is 66.5 Å². The highest BCUT2D eigenvalue weighted by atomic mass is 32.2. The van der Waals surface area contributed by atoms with Gasteiger partial charge >= 0.3 is 0 Å². The number of hydrogen-bond donors (Lipinski definition) is 0. The van der Waals surface area contributed by atoms with Crippen LogP contribution in [0.15, 0.2) is 117 Å². The van der Waals surface area contributed by atoms with Crippen LogP contribution < -0.4 is 0 Å². The van der Waals surface area contributed by atoms with Crippen LogP contribution in [0.2, 0.25) is 0 Å². The molecule has 0 unspecified atom stereocenters. The Morgan fingerprint density at radius 1 is 0.667 bits per heavy atom. The summed E-state index contributed by atoms with van der Waals surface area (Å²) in [6.45, 7) is 8.65. The molecule has 0 atom stereocenters. The first-order chi connectivity index (χ1) is 17.3. The molecule has 0 bridgehead atoms. The Kier molecular flexibility index (Phi) is 9.94. The minimum atomic E-state index is -4.27. The molecule has 3 nitrogen and oxygen atoms in total. The van der Waals surface area contributed by atoms with E-state index < -0.39 is 10.1 Å². The van der Waals surface area contributed by atoms with Crippen LogP contribution in [0.25, 0.3) is 0 Å². The fourth-order valence-corrected chi connectivity index (χ4v) is 7.01. The molecule has 188 valence electrons. The third-order valence-corrected chi connectivity index (χ3v) is 9.21.